The van der Waals surface area contributed by atoms with Crippen LogP contribution < -0.4 is 10.9 Å². The fourth-order valence-electron chi connectivity index (χ4n) is 3.44. The van der Waals surface area contributed by atoms with E-state index < -0.39 is 41.0 Å². The highest BCUT2D eigenvalue weighted by Crippen LogP contribution is 2.34. The van der Waals surface area contributed by atoms with E-state index in [2.05, 4.69) is 12.2 Å². The zero-order chi connectivity index (χ0) is 23.5. The van der Waals surface area contributed by atoms with E-state index in [1.165, 1.54) is 0 Å². The maximum Gasteiger partial charge on any atom is 0.353 e. The molecule has 0 atom stereocenters. The van der Waals surface area contributed by atoms with E-state index in [0.717, 1.165) is 24.0 Å². The Balaban J connectivity index is 1.97. The van der Waals surface area contributed by atoms with Crippen molar-refractivity contribution in [1.29, 1.82) is 0 Å². The van der Waals surface area contributed by atoms with E-state index in [-0.39, 0.29) is 11.0 Å². The summed E-state index contributed by atoms with van der Waals surface area (Å²) >= 11 is 0. The van der Waals surface area contributed by atoms with Crippen LogP contribution in [0, 0.1) is 0 Å². The maximum atomic E-state index is 12.6. The van der Waals surface area contributed by atoms with Gasteiger partial charge in [-0.15, -0.1) is 0 Å². The summed E-state index contributed by atoms with van der Waals surface area (Å²) in [6.45, 7) is 6.75. The third kappa shape index (κ3) is 5.17. The van der Waals surface area contributed by atoms with Gasteiger partial charge in [0.2, 0.25) is 0 Å². The van der Waals surface area contributed by atoms with Crippen molar-refractivity contribution >= 4 is 22.8 Å². The van der Waals surface area contributed by atoms with Gasteiger partial charge in [0.05, 0.1) is 5.39 Å². The Hall–Kier alpha value is -3.61. The molecule has 0 unspecified atom stereocenters. The summed E-state index contributed by atoms with van der Waals surface area (Å²) in [7, 11) is 0. The van der Waals surface area contributed by atoms with Crippen molar-refractivity contribution in [3.05, 3.63) is 64.0 Å². The third-order valence-corrected chi connectivity index (χ3v) is 4.72. The predicted octanol–water partition coefficient (Wildman–Crippen LogP) is 4.19. The molecule has 0 aliphatic rings. The van der Waals surface area contributed by atoms with Crippen molar-refractivity contribution in [3.63, 3.8) is 0 Å². The van der Waals surface area contributed by atoms with Gasteiger partial charge in [-0.1, -0.05) is 49.7 Å². The Morgan fingerprint density at radius 2 is 1.84 bits per heavy atom. The molecule has 0 fully saturated rings. The Morgan fingerprint density at radius 1 is 1.12 bits per heavy atom. The first-order chi connectivity index (χ1) is 15.1. The largest absolute Gasteiger partial charge is 0.506 e. The summed E-state index contributed by atoms with van der Waals surface area (Å²) in [6, 6.07) is 12.9. The Labute approximate surface area is 186 Å². The van der Waals surface area contributed by atoms with E-state index >= 15 is 0 Å². The fraction of sp³-hybridized carbons (Fsp3) is 0.320. The molecule has 0 radical (unpaired) electrons. The molecule has 0 aliphatic carbocycles. The molecule has 7 nitrogen and oxygen atoms in total. The number of hydrogen-bond donors (Lipinski definition) is 2. The minimum absolute atomic E-state index is 0.187. The van der Waals surface area contributed by atoms with Crippen LogP contribution in [0.2, 0.25) is 0 Å². The molecule has 7 heteroatoms. The number of benzene rings is 2. The zero-order valence-corrected chi connectivity index (χ0v) is 18.7. The van der Waals surface area contributed by atoms with Crippen LogP contribution in [0.3, 0.4) is 0 Å². The molecular formula is C25H27NO6. The van der Waals surface area contributed by atoms with E-state index in [1.807, 2.05) is 24.3 Å². The summed E-state index contributed by atoms with van der Waals surface area (Å²) < 4.78 is 10.6. The molecule has 168 valence electrons. The first kappa shape index (κ1) is 23.1. The molecule has 1 aromatic heterocycles. The van der Waals surface area contributed by atoms with Crippen molar-refractivity contribution in [1.82, 2.24) is 5.32 Å². The summed E-state index contributed by atoms with van der Waals surface area (Å²) in [6.07, 6.45) is 1.91. The number of fused-ring (bicyclic) bond motifs is 1. The minimum atomic E-state index is -0.992. The van der Waals surface area contributed by atoms with E-state index in [4.69, 9.17) is 9.15 Å². The summed E-state index contributed by atoms with van der Waals surface area (Å²) in [4.78, 5) is 37.0. The minimum Gasteiger partial charge on any atom is -0.506 e. The predicted molar refractivity (Wildman–Crippen MR) is 122 cm³/mol. The van der Waals surface area contributed by atoms with Crippen molar-refractivity contribution in [2.75, 3.05) is 6.54 Å². The first-order valence-corrected chi connectivity index (χ1v) is 10.5. The van der Waals surface area contributed by atoms with E-state index in [9.17, 15) is 19.5 Å². The van der Waals surface area contributed by atoms with Gasteiger partial charge >= 0.3 is 11.6 Å². The number of carbonyl (C=O) groups excluding carboxylic acids is 2. The number of rotatable bonds is 6. The molecule has 3 rings (SSSR count). The molecule has 0 saturated heterocycles. The van der Waals surface area contributed by atoms with Crippen LogP contribution in [0.5, 0.6) is 5.75 Å². The van der Waals surface area contributed by atoms with Gasteiger partial charge in [0.25, 0.3) is 5.91 Å². The lowest BCUT2D eigenvalue weighted by atomic mass is 9.98. The lowest BCUT2D eigenvalue weighted by molar-refractivity contribution is -0.153. The van der Waals surface area contributed by atoms with Gasteiger partial charge in [0, 0.05) is 5.56 Å². The Bertz CT molecular complexity index is 1220. The number of esters is 1. The number of ether oxygens (including phenoxy) is 1. The topological polar surface area (TPSA) is 106 Å². The van der Waals surface area contributed by atoms with E-state index in [0.29, 0.717) is 5.56 Å². The number of carbonyl (C=O) groups is 2. The summed E-state index contributed by atoms with van der Waals surface area (Å²) in [5, 5.41) is 13.3. The van der Waals surface area contributed by atoms with Crippen molar-refractivity contribution in [2.45, 2.75) is 46.1 Å². The van der Waals surface area contributed by atoms with Crippen LogP contribution in [0.25, 0.3) is 22.1 Å². The highest BCUT2D eigenvalue weighted by Gasteiger charge is 2.24. The third-order valence-electron chi connectivity index (χ3n) is 4.72. The van der Waals surface area contributed by atoms with Crippen molar-refractivity contribution < 1.29 is 23.8 Å². The molecule has 32 heavy (non-hydrogen) atoms. The smallest absolute Gasteiger partial charge is 0.353 e. The van der Waals surface area contributed by atoms with Gasteiger partial charge < -0.3 is 19.6 Å². The number of para-hydroxylation sites is 1. The lowest BCUT2D eigenvalue weighted by Crippen LogP contribution is -2.36. The van der Waals surface area contributed by atoms with Gasteiger partial charge in [-0.25, -0.2) is 4.79 Å². The van der Waals surface area contributed by atoms with Gasteiger partial charge in [-0.3, -0.25) is 9.59 Å². The van der Waals surface area contributed by atoms with Gasteiger partial charge in [0.15, 0.2) is 5.56 Å². The lowest BCUT2D eigenvalue weighted by Gasteiger charge is -2.19. The van der Waals surface area contributed by atoms with Gasteiger partial charge in [-0.05, 0) is 44.4 Å². The second-order valence-corrected chi connectivity index (χ2v) is 8.51. The quantitative estimate of drug-likeness (QED) is 0.442. The number of amides is 1. The Morgan fingerprint density at radius 3 is 2.53 bits per heavy atom. The fourth-order valence-corrected chi connectivity index (χ4v) is 3.44. The van der Waals surface area contributed by atoms with Gasteiger partial charge in [0.1, 0.15) is 23.5 Å². The molecular weight excluding hydrogens is 410 g/mol. The van der Waals surface area contributed by atoms with E-state index in [1.54, 1.807) is 39.0 Å². The van der Waals surface area contributed by atoms with Crippen LogP contribution in [-0.2, 0) is 16.0 Å². The number of hydrogen-bond acceptors (Lipinski definition) is 6. The normalized spacial score (nSPS) is 11.4. The SMILES string of the molecule is CCCc1cccc(-c2cccc3c(O)c(C(=O)NCC(=O)OC(C)(C)C)c(=O)oc23)c1. The molecule has 0 bridgehead atoms. The molecule has 0 saturated carbocycles. The van der Waals surface area contributed by atoms with Gasteiger partial charge in [-0.2, -0.15) is 0 Å². The molecule has 1 amide bonds. The van der Waals surface area contributed by atoms with Crippen LogP contribution in [-0.4, -0.2) is 29.1 Å². The number of aryl methyl sites for hydroxylation is 1. The average molecular weight is 437 g/mol. The molecule has 2 N–H and O–H groups in total. The Kier molecular flexibility index (Phi) is 6.67. The molecule has 0 aliphatic heterocycles. The van der Waals surface area contributed by atoms with Crippen LogP contribution >= 0.6 is 0 Å². The summed E-state index contributed by atoms with van der Waals surface area (Å²) in [5.74, 6) is -2.08. The second kappa shape index (κ2) is 9.26. The first-order valence-electron chi connectivity index (χ1n) is 10.5. The van der Waals surface area contributed by atoms with Crippen LogP contribution in [0.15, 0.2) is 51.7 Å². The zero-order valence-electron chi connectivity index (χ0n) is 18.7. The highest BCUT2D eigenvalue weighted by molar-refractivity contribution is 6.04. The van der Waals surface area contributed by atoms with Crippen LogP contribution in [0.4, 0.5) is 0 Å². The monoisotopic (exact) mass is 437 g/mol. The number of nitrogens with one attached hydrogen (secondary N) is 1. The van der Waals surface area contributed by atoms with Crippen molar-refractivity contribution in [2.24, 2.45) is 0 Å². The molecule has 2 aromatic carbocycles. The maximum absolute atomic E-state index is 12.6. The molecule has 1 heterocycles. The molecule has 0 spiro atoms. The highest BCUT2D eigenvalue weighted by atomic mass is 16.6. The van der Waals surface area contributed by atoms with Crippen molar-refractivity contribution in [3.8, 4) is 16.9 Å². The van der Waals surface area contributed by atoms with Crippen LogP contribution in [0.1, 0.15) is 50.0 Å². The molecule has 3 aromatic rings. The number of aromatic hydroxyl groups is 1. The standard InChI is InChI=1S/C25H27NO6/c1-5-8-15-9-6-10-16(13-15)17-11-7-12-18-21(28)20(24(30)31-22(17)18)23(29)26-14-19(27)32-25(2,3)4/h6-7,9-13,28H,5,8,14H2,1-4H3,(H,26,29). The average Bonchev–Trinajstić information content (AvgIpc) is 2.71. The second-order valence-electron chi connectivity index (χ2n) is 8.51. The summed E-state index contributed by atoms with van der Waals surface area (Å²) in [5.41, 5.74) is 0.544.